The minimum absolute atomic E-state index is 0. The Bertz CT molecular complexity index is 416. The van der Waals surface area contributed by atoms with Gasteiger partial charge in [-0.2, -0.15) is 0 Å². The number of hydrogen-bond donors (Lipinski definition) is 2. The molecule has 0 saturated carbocycles. The molecule has 0 bridgehead atoms. The Labute approximate surface area is 127 Å². The molecular formula is C15H25ClN2O2. The number of aryl methyl sites for hydroxylation is 2. The molecule has 0 spiro atoms. The van der Waals surface area contributed by atoms with Crippen LogP contribution in [-0.2, 0) is 4.79 Å². The number of nitrogens with two attached hydrogens (primary N) is 1. The van der Waals surface area contributed by atoms with Gasteiger partial charge in [-0.25, -0.2) is 0 Å². The zero-order chi connectivity index (χ0) is 14.4. The Morgan fingerprint density at radius 2 is 1.85 bits per heavy atom. The minimum Gasteiger partial charge on any atom is -0.491 e. The highest BCUT2D eigenvalue weighted by Gasteiger charge is 2.11. The predicted molar refractivity (Wildman–Crippen MR) is 84.5 cm³/mol. The number of carbonyl (C=O) groups is 1. The van der Waals surface area contributed by atoms with E-state index in [0.29, 0.717) is 13.0 Å². The quantitative estimate of drug-likeness (QED) is 0.847. The summed E-state index contributed by atoms with van der Waals surface area (Å²) in [5.41, 5.74) is 7.79. The van der Waals surface area contributed by atoms with Crippen LogP contribution in [0.25, 0.3) is 0 Å². The van der Waals surface area contributed by atoms with E-state index in [4.69, 9.17) is 10.5 Å². The first kappa shape index (κ1) is 18.7. The van der Waals surface area contributed by atoms with E-state index in [1.165, 1.54) is 0 Å². The number of para-hydroxylation sites is 1. The first-order chi connectivity index (χ1) is 8.90. The smallest absolute Gasteiger partial charge is 0.221 e. The summed E-state index contributed by atoms with van der Waals surface area (Å²) in [5, 5.41) is 2.88. The normalized spacial score (nSPS) is 13.1. The van der Waals surface area contributed by atoms with Gasteiger partial charge in [0.15, 0.2) is 0 Å². The zero-order valence-corrected chi connectivity index (χ0v) is 13.4. The number of ether oxygens (including phenoxy) is 1. The van der Waals surface area contributed by atoms with E-state index in [1.807, 2.05) is 45.9 Å². The fourth-order valence-corrected chi connectivity index (χ4v) is 1.90. The zero-order valence-electron chi connectivity index (χ0n) is 12.6. The van der Waals surface area contributed by atoms with Gasteiger partial charge in [0.1, 0.15) is 12.4 Å². The minimum atomic E-state index is -0.119. The molecule has 114 valence electrons. The van der Waals surface area contributed by atoms with Crippen LogP contribution in [0.4, 0.5) is 0 Å². The number of carbonyl (C=O) groups excluding carboxylic acids is 1. The Morgan fingerprint density at radius 1 is 1.30 bits per heavy atom. The van der Waals surface area contributed by atoms with Crippen LogP contribution >= 0.6 is 12.4 Å². The molecule has 0 aromatic heterocycles. The fraction of sp³-hybridized carbons (Fsp3) is 0.533. The first-order valence-corrected chi connectivity index (χ1v) is 6.64. The van der Waals surface area contributed by atoms with E-state index in [1.54, 1.807) is 0 Å². The Balaban J connectivity index is 0.00000361. The SMILES string of the molecule is Cc1cccc(C)c1OCC(C)NC(=O)CC(C)N.Cl. The lowest BCUT2D eigenvalue weighted by atomic mass is 10.1. The van der Waals surface area contributed by atoms with Gasteiger partial charge in [-0.3, -0.25) is 4.79 Å². The van der Waals surface area contributed by atoms with Crippen molar-refractivity contribution in [1.29, 1.82) is 0 Å². The van der Waals surface area contributed by atoms with Gasteiger partial charge in [0.2, 0.25) is 5.91 Å². The van der Waals surface area contributed by atoms with E-state index in [-0.39, 0.29) is 30.4 Å². The maximum atomic E-state index is 11.6. The van der Waals surface area contributed by atoms with Crippen LogP contribution < -0.4 is 15.8 Å². The van der Waals surface area contributed by atoms with Crippen molar-refractivity contribution >= 4 is 18.3 Å². The highest BCUT2D eigenvalue weighted by Crippen LogP contribution is 2.22. The van der Waals surface area contributed by atoms with E-state index in [2.05, 4.69) is 5.32 Å². The van der Waals surface area contributed by atoms with Crippen LogP contribution in [0.3, 0.4) is 0 Å². The van der Waals surface area contributed by atoms with Gasteiger partial charge >= 0.3 is 0 Å². The molecule has 1 rings (SSSR count). The summed E-state index contributed by atoms with van der Waals surface area (Å²) in [7, 11) is 0. The molecule has 0 saturated heterocycles. The van der Waals surface area contributed by atoms with Crippen LogP contribution in [0, 0.1) is 13.8 Å². The molecule has 0 heterocycles. The number of halogens is 1. The molecular weight excluding hydrogens is 276 g/mol. The molecule has 1 amide bonds. The molecule has 2 atom stereocenters. The molecule has 0 radical (unpaired) electrons. The number of nitrogens with one attached hydrogen (secondary N) is 1. The molecule has 0 aliphatic carbocycles. The van der Waals surface area contributed by atoms with Gasteiger partial charge in [0.05, 0.1) is 6.04 Å². The standard InChI is InChI=1S/C15H24N2O2.ClH/c1-10-6-5-7-11(2)15(10)19-9-13(4)17-14(18)8-12(3)16;/h5-7,12-13H,8-9,16H2,1-4H3,(H,17,18);1H. The number of hydrogen-bond acceptors (Lipinski definition) is 3. The second-order valence-corrected chi connectivity index (χ2v) is 5.18. The molecule has 1 aromatic rings. The van der Waals surface area contributed by atoms with Crippen LogP contribution in [0.1, 0.15) is 31.4 Å². The summed E-state index contributed by atoms with van der Waals surface area (Å²) in [4.78, 5) is 11.6. The average molecular weight is 301 g/mol. The highest BCUT2D eigenvalue weighted by atomic mass is 35.5. The van der Waals surface area contributed by atoms with Crippen molar-refractivity contribution in [2.75, 3.05) is 6.61 Å². The van der Waals surface area contributed by atoms with Crippen molar-refractivity contribution < 1.29 is 9.53 Å². The van der Waals surface area contributed by atoms with Gasteiger partial charge < -0.3 is 15.8 Å². The van der Waals surface area contributed by atoms with Crippen molar-refractivity contribution in [3.05, 3.63) is 29.3 Å². The van der Waals surface area contributed by atoms with Crippen molar-refractivity contribution in [3.8, 4) is 5.75 Å². The first-order valence-electron chi connectivity index (χ1n) is 6.64. The summed E-state index contributed by atoms with van der Waals surface area (Å²) >= 11 is 0. The lowest BCUT2D eigenvalue weighted by Crippen LogP contribution is -2.39. The van der Waals surface area contributed by atoms with Crippen molar-refractivity contribution in [3.63, 3.8) is 0 Å². The van der Waals surface area contributed by atoms with Gasteiger partial charge in [-0.15, -0.1) is 12.4 Å². The third kappa shape index (κ3) is 6.26. The topological polar surface area (TPSA) is 64.3 Å². The summed E-state index contributed by atoms with van der Waals surface area (Å²) in [6.07, 6.45) is 0.341. The maximum Gasteiger partial charge on any atom is 0.221 e. The maximum absolute atomic E-state index is 11.6. The molecule has 4 nitrogen and oxygen atoms in total. The third-order valence-electron chi connectivity index (χ3n) is 2.80. The largest absolute Gasteiger partial charge is 0.491 e. The summed E-state index contributed by atoms with van der Waals surface area (Å²) in [5.74, 6) is 0.864. The number of amides is 1. The van der Waals surface area contributed by atoms with Crippen LogP contribution in [0.5, 0.6) is 5.75 Å². The lowest BCUT2D eigenvalue weighted by molar-refractivity contribution is -0.122. The van der Waals surface area contributed by atoms with E-state index in [0.717, 1.165) is 16.9 Å². The van der Waals surface area contributed by atoms with Crippen molar-refractivity contribution in [1.82, 2.24) is 5.32 Å². The van der Waals surface area contributed by atoms with Gasteiger partial charge in [-0.1, -0.05) is 18.2 Å². The Morgan fingerprint density at radius 3 is 2.35 bits per heavy atom. The highest BCUT2D eigenvalue weighted by molar-refractivity contribution is 5.85. The molecule has 5 heteroatoms. The lowest BCUT2D eigenvalue weighted by Gasteiger charge is -2.18. The third-order valence-corrected chi connectivity index (χ3v) is 2.80. The monoisotopic (exact) mass is 300 g/mol. The van der Waals surface area contributed by atoms with Crippen molar-refractivity contribution in [2.45, 2.75) is 46.2 Å². The number of rotatable bonds is 6. The van der Waals surface area contributed by atoms with E-state index in [9.17, 15) is 4.79 Å². The van der Waals surface area contributed by atoms with E-state index >= 15 is 0 Å². The number of benzene rings is 1. The van der Waals surface area contributed by atoms with Crippen LogP contribution in [0.15, 0.2) is 18.2 Å². The fourth-order valence-electron chi connectivity index (χ4n) is 1.90. The Kier molecular flexibility index (Phi) is 8.26. The second kappa shape index (κ2) is 8.82. The van der Waals surface area contributed by atoms with Crippen LogP contribution in [0.2, 0.25) is 0 Å². The molecule has 0 fully saturated rings. The predicted octanol–water partition coefficient (Wildman–Crippen LogP) is 2.35. The average Bonchev–Trinajstić information content (AvgIpc) is 2.26. The summed E-state index contributed by atoms with van der Waals surface area (Å²) in [6.45, 7) is 8.23. The van der Waals surface area contributed by atoms with Gasteiger partial charge in [-0.05, 0) is 38.8 Å². The van der Waals surface area contributed by atoms with Gasteiger partial charge in [0, 0.05) is 12.5 Å². The summed E-state index contributed by atoms with van der Waals surface area (Å²) in [6, 6.07) is 5.88. The Hall–Kier alpha value is -1.26. The summed E-state index contributed by atoms with van der Waals surface area (Å²) < 4.78 is 5.79. The van der Waals surface area contributed by atoms with E-state index < -0.39 is 0 Å². The molecule has 0 aliphatic heterocycles. The van der Waals surface area contributed by atoms with Gasteiger partial charge in [0.25, 0.3) is 0 Å². The molecule has 2 unspecified atom stereocenters. The molecule has 20 heavy (non-hydrogen) atoms. The van der Waals surface area contributed by atoms with Crippen LogP contribution in [-0.4, -0.2) is 24.6 Å². The molecule has 0 aliphatic rings. The molecule has 3 N–H and O–H groups in total. The molecule has 1 aromatic carbocycles. The second-order valence-electron chi connectivity index (χ2n) is 5.18. The van der Waals surface area contributed by atoms with Crippen molar-refractivity contribution in [2.24, 2.45) is 5.73 Å².